The summed E-state index contributed by atoms with van der Waals surface area (Å²) in [4.78, 5) is 47.4. The average Bonchev–Trinajstić information content (AvgIpc) is 2.94. The van der Waals surface area contributed by atoms with E-state index in [4.69, 9.17) is 18.9 Å². The highest BCUT2D eigenvalue weighted by Gasteiger charge is 2.32. The molecule has 2 aromatic rings. The number of carbonyl (C=O) groups is 4. The summed E-state index contributed by atoms with van der Waals surface area (Å²) >= 11 is 0. The molecular formula is C31H40INO8. The maximum atomic E-state index is 12.6. The third-order valence-corrected chi connectivity index (χ3v) is 6.28. The molecule has 10 heteroatoms. The van der Waals surface area contributed by atoms with E-state index in [1.165, 1.54) is 0 Å². The Labute approximate surface area is 258 Å². The molecule has 0 bridgehead atoms. The highest BCUT2D eigenvalue weighted by Crippen LogP contribution is 2.31. The number of rotatable bonds is 12. The van der Waals surface area contributed by atoms with Gasteiger partial charge in [0.05, 0.1) is 25.0 Å². The van der Waals surface area contributed by atoms with Crippen molar-refractivity contribution >= 4 is 47.9 Å². The van der Waals surface area contributed by atoms with Gasteiger partial charge in [-0.25, -0.2) is 9.59 Å². The topological polar surface area (TPSA) is 140 Å². The zero-order chi connectivity index (χ0) is 27.3. The summed E-state index contributed by atoms with van der Waals surface area (Å²) in [7, 11) is 0. The van der Waals surface area contributed by atoms with E-state index >= 15 is 0 Å². The van der Waals surface area contributed by atoms with Crippen molar-refractivity contribution in [2.24, 2.45) is 11.8 Å². The molecule has 1 fully saturated rings. The Bertz CT molecular complexity index is 1050. The van der Waals surface area contributed by atoms with E-state index in [1.807, 2.05) is 24.3 Å². The number of halogens is 1. The lowest BCUT2D eigenvalue weighted by Crippen LogP contribution is -2.30. The van der Waals surface area contributed by atoms with Crippen molar-refractivity contribution in [2.45, 2.75) is 46.0 Å². The van der Waals surface area contributed by atoms with Crippen LogP contribution in [0.5, 0.6) is 11.5 Å². The van der Waals surface area contributed by atoms with Crippen molar-refractivity contribution in [3.63, 3.8) is 0 Å². The fourth-order valence-corrected chi connectivity index (χ4v) is 4.07. The monoisotopic (exact) mass is 681 g/mol. The molecule has 0 aromatic heterocycles. The van der Waals surface area contributed by atoms with Gasteiger partial charge in [0, 0.05) is 25.0 Å². The zero-order valence-corrected chi connectivity index (χ0v) is 24.7. The van der Waals surface area contributed by atoms with E-state index in [9.17, 15) is 19.2 Å². The largest absolute Gasteiger partial charge is 0.462 e. The molecule has 1 aliphatic rings. The lowest BCUT2D eigenvalue weighted by atomic mass is 9.82. The Balaban J connectivity index is 0.00000533. The molecule has 0 spiro atoms. The SMILES string of the molecule is C.C=CC(=O)OCCc1ccc(OC(=O)C2CCC(C(=O)Oc3ccc(CCOC(=O)C=C)cc3)CC2)cc1.I.N. The highest BCUT2D eigenvalue weighted by atomic mass is 127. The van der Waals surface area contributed by atoms with Crippen LogP contribution in [0.15, 0.2) is 73.8 Å². The number of ether oxygens (including phenoxy) is 4. The minimum atomic E-state index is -0.463. The Morgan fingerprint density at radius 1 is 0.659 bits per heavy atom. The molecule has 41 heavy (non-hydrogen) atoms. The van der Waals surface area contributed by atoms with Crippen molar-refractivity contribution in [2.75, 3.05) is 13.2 Å². The molecule has 224 valence electrons. The van der Waals surface area contributed by atoms with Crippen molar-refractivity contribution < 1.29 is 38.1 Å². The summed E-state index contributed by atoms with van der Waals surface area (Å²) in [6.07, 6.45) is 5.53. The minimum absolute atomic E-state index is 0. The van der Waals surface area contributed by atoms with Crippen LogP contribution >= 0.6 is 24.0 Å². The summed E-state index contributed by atoms with van der Waals surface area (Å²) in [6, 6.07) is 14.1. The molecule has 0 aliphatic heterocycles. The van der Waals surface area contributed by atoms with E-state index < -0.39 is 11.9 Å². The summed E-state index contributed by atoms with van der Waals surface area (Å²) < 4.78 is 21.0. The van der Waals surface area contributed by atoms with Gasteiger partial charge in [0.1, 0.15) is 11.5 Å². The van der Waals surface area contributed by atoms with Gasteiger partial charge in [0.2, 0.25) is 0 Å². The Kier molecular flexibility index (Phi) is 17.9. The molecule has 9 nitrogen and oxygen atoms in total. The van der Waals surface area contributed by atoms with E-state index in [0.717, 1.165) is 23.3 Å². The molecule has 0 atom stereocenters. The Morgan fingerprint density at radius 2 is 0.976 bits per heavy atom. The van der Waals surface area contributed by atoms with Crippen LogP contribution in [0.25, 0.3) is 0 Å². The Morgan fingerprint density at radius 3 is 1.27 bits per heavy atom. The first-order valence-corrected chi connectivity index (χ1v) is 12.6. The van der Waals surface area contributed by atoms with Crippen LogP contribution in [0.3, 0.4) is 0 Å². The van der Waals surface area contributed by atoms with Crippen molar-refractivity contribution in [3.05, 3.63) is 85.0 Å². The average molecular weight is 682 g/mol. The molecule has 0 amide bonds. The molecule has 0 heterocycles. The van der Waals surface area contributed by atoms with E-state index in [-0.39, 0.29) is 74.5 Å². The second-order valence-electron chi connectivity index (χ2n) is 8.92. The number of esters is 4. The van der Waals surface area contributed by atoms with Gasteiger partial charge in [0.15, 0.2) is 0 Å². The molecule has 0 unspecified atom stereocenters. The first kappa shape index (κ1) is 37.5. The van der Waals surface area contributed by atoms with Crippen LogP contribution in [0, 0.1) is 11.8 Å². The van der Waals surface area contributed by atoms with Crippen LogP contribution in [-0.2, 0) is 41.5 Å². The first-order valence-electron chi connectivity index (χ1n) is 12.6. The van der Waals surface area contributed by atoms with Crippen LogP contribution in [0.4, 0.5) is 0 Å². The van der Waals surface area contributed by atoms with Gasteiger partial charge in [-0.15, -0.1) is 24.0 Å². The van der Waals surface area contributed by atoms with Gasteiger partial charge in [-0.05, 0) is 61.1 Å². The summed E-state index contributed by atoms with van der Waals surface area (Å²) in [5.41, 5.74) is 1.90. The maximum Gasteiger partial charge on any atom is 0.330 e. The van der Waals surface area contributed by atoms with E-state index in [1.54, 1.807) is 24.3 Å². The van der Waals surface area contributed by atoms with Gasteiger partial charge in [-0.1, -0.05) is 44.8 Å². The van der Waals surface area contributed by atoms with Gasteiger partial charge in [0.25, 0.3) is 0 Å². The molecule has 0 saturated heterocycles. The molecule has 1 aliphatic carbocycles. The van der Waals surface area contributed by atoms with Gasteiger partial charge in [-0.2, -0.15) is 0 Å². The molecule has 0 radical (unpaired) electrons. The fourth-order valence-electron chi connectivity index (χ4n) is 4.07. The smallest absolute Gasteiger partial charge is 0.330 e. The third kappa shape index (κ3) is 12.7. The fraction of sp³-hybridized carbons (Fsp3) is 0.355. The second-order valence-corrected chi connectivity index (χ2v) is 8.92. The predicted octanol–water partition coefficient (Wildman–Crippen LogP) is 5.96. The number of hydrogen-bond donors (Lipinski definition) is 1. The normalized spacial score (nSPS) is 15.3. The standard InChI is InChI=1S/C30H32O8.CH4.HI.H3N/c1-3-27(31)35-19-17-21-5-13-25(14-6-21)37-29(33)23-9-11-24(12-10-23)30(34)38-26-15-7-22(8-16-26)18-20-36-28(32)4-2;;;/h3-8,13-16,23-24H,1-2,9-12,17-20H2;1H4;1H;1H3. The van der Waals surface area contributed by atoms with E-state index in [2.05, 4.69) is 13.2 Å². The number of carbonyl (C=O) groups excluding carboxylic acids is 4. The van der Waals surface area contributed by atoms with Crippen molar-refractivity contribution in [3.8, 4) is 11.5 Å². The molecule has 3 rings (SSSR count). The maximum absolute atomic E-state index is 12.6. The summed E-state index contributed by atoms with van der Waals surface area (Å²) in [5, 5.41) is 0. The number of hydrogen-bond acceptors (Lipinski definition) is 9. The summed E-state index contributed by atoms with van der Waals surface area (Å²) in [5.74, 6) is -1.18. The number of benzene rings is 2. The van der Waals surface area contributed by atoms with Gasteiger partial charge >= 0.3 is 23.9 Å². The van der Waals surface area contributed by atoms with Crippen LogP contribution in [-0.4, -0.2) is 37.1 Å². The quantitative estimate of drug-likeness (QED) is 0.124. The first-order chi connectivity index (χ1) is 18.4. The predicted molar refractivity (Wildman–Crippen MR) is 166 cm³/mol. The zero-order valence-electron chi connectivity index (χ0n) is 22.4. The lowest BCUT2D eigenvalue weighted by Gasteiger charge is -2.25. The van der Waals surface area contributed by atoms with E-state index in [0.29, 0.717) is 50.0 Å². The second kappa shape index (κ2) is 19.5. The van der Waals surface area contributed by atoms with Crippen LogP contribution < -0.4 is 15.6 Å². The molecule has 1 saturated carbocycles. The lowest BCUT2D eigenvalue weighted by molar-refractivity contribution is -0.145. The van der Waals surface area contributed by atoms with Gasteiger partial charge in [-0.3, -0.25) is 9.59 Å². The Hall–Kier alpha value is -3.51. The van der Waals surface area contributed by atoms with Crippen LogP contribution in [0.1, 0.15) is 44.2 Å². The van der Waals surface area contributed by atoms with Crippen molar-refractivity contribution in [1.82, 2.24) is 6.15 Å². The molecule has 3 N–H and O–H groups in total. The van der Waals surface area contributed by atoms with Crippen LogP contribution in [0.2, 0.25) is 0 Å². The molecular weight excluding hydrogens is 641 g/mol. The summed E-state index contributed by atoms with van der Waals surface area (Å²) in [6.45, 7) is 7.19. The minimum Gasteiger partial charge on any atom is -0.462 e. The van der Waals surface area contributed by atoms with Crippen molar-refractivity contribution in [1.29, 1.82) is 0 Å². The van der Waals surface area contributed by atoms with Gasteiger partial charge < -0.3 is 25.1 Å². The third-order valence-electron chi connectivity index (χ3n) is 6.28. The molecule has 2 aromatic carbocycles. The highest BCUT2D eigenvalue weighted by molar-refractivity contribution is 14.0.